The molecule has 2 nitrogen and oxygen atoms in total. The van der Waals surface area contributed by atoms with E-state index in [4.69, 9.17) is 0 Å². The molecule has 0 spiro atoms. The van der Waals surface area contributed by atoms with Gasteiger partial charge in [-0.3, -0.25) is 0 Å². The minimum Gasteiger partial charge on any atom is -0.314 e. The molecule has 112 valence electrons. The van der Waals surface area contributed by atoms with Gasteiger partial charge in [0, 0.05) is 30.0 Å². The number of hydrogen-bond donors (Lipinski definition) is 1. The van der Waals surface area contributed by atoms with Crippen LogP contribution in [0.5, 0.6) is 0 Å². The second-order valence-corrected chi connectivity index (χ2v) is 6.62. The number of halogens is 1. The van der Waals surface area contributed by atoms with Crippen molar-refractivity contribution in [2.24, 2.45) is 0 Å². The van der Waals surface area contributed by atoms with Crippen LogP contribution < -0.4 is 5.32 Å². The molecule has 1 aromatic heterocycles. The SMILES string of the molecule is Fc1ccc(-c2csc(CCNC3CCCCC3)n2)cc1. The van der Waals surface area contributed by atoms with Crippen LogP contribution in [0.4, 0.5) is 4.39 Å². The molecule has 21 heavy (non-hydrogen) atoms. The van der Waals surface area contributed by atoms with Crippen LogP contribution in [0.15, 0.2) is 29.6 Å². The standard InChI is InChI=1S/C17H21FN2S/c18-14-8-6-13(7-9-14)16-12-21-17(20-16)10-11-19-15-4-2-1-3-5-15/h6-9,12,15,19H,1-5,10-11H2. The average molecular weight is 304 g/mol. The zero-order valence-electron chi connectivity index (χ0n) is 12.1. The van der Waals surface area contributed by atoms with Crippen LogP contribution in [0.1, 0.15) is 37.1 Å². The molecule has 3 rings (SSSR count). The van der Waals surface area contributed by atoms with Gasteiger partial charge in [0.05, 0.1) is 10.7 Å². The molecule has 0 bridgehead atoms. The number of nitrogens with one attached hydrogen (secondary N) is 1. The lowest BCUT2D eigenvalue weighted by molar-refractivity contribution is 0.375. The van der Waals surface area contributed by atoms with Gasteiger partial charge in [-0.15, -0.1) is 11.3 Å². The number of rotatable bonds is 5. The Morgan fingerprint density at radius 2 is 1.90 bits per heavy atom. The monoisotopic (exact) mass is 304 g/mol. The molecule has 0 atom stereocenters. The maximum Gasteiger partial charge on any atom is 0.123 e. The second kappa shape index (κ2) is 7.14. The van der Waals surface area contributed by atoms with Gasteiger partial charge in [-0.05, 0) is 37.1 Å². The van der Waals surface area contributed by atoms with E-state index in [9.17, 15) is 4.39 Å². The van der Waals surface area contributed by atoms with Gasteiger partial charge in [-0.25, -0.2) is 9.37 Å². The maximum absolute atomic E-state index is 12.9. The lowest BCUT2D eigenvalue weighted by Gasteiger charge is -2.22. The van der Waals surface area contributed by atoms with E-state index in [1.165, 1.54) is 44.2 Å². The number of aromatic nitrogens is 1. The van der Waals surface area contributed by atoms with Gasteiger partial charge in [0.1, 0.15) is 5.82 Å². The van der Waals surface area contributed by atoms with Crippen molar-refractivity contribution < 1.29 is 4.39 Å². The summed E-state index contributed by atoms with van der Waals surface area (Å²) in [6.07, 6.45) is 7.73. The Hall–Kier alpha value is -1.26. The first-order chi connectivity index (χ1) is 10.3. The van der Waals surface area contributed by atoms with Crippen molar-refractivity contribution in [3.8, 4) is 11.3 Å². The van der Waals surface area contributed by atoms with Gasteiger partial charge in [0.15, 0.2) is 0 Å². The number of hydrogen-bond acceptors (Lipinski definition) is 3. The highest BCUT2D eigenvalue weighted by atomic mass is 32.1. The van der Waals surface area contributed by atoms with Crippen LogP contribution in [0, 0.1) is 5.82 Å². The lowest BCUT2D eigenvalue weighted by atomic mass is 9.95. The third-order valence-corrected chi connectivity index (χ3v) is 4.98. The Bertz CT molecular complexity index is 558. The Morgan fingerprint density at radius 1 is 1.14 bits per heavy atom. The summed E-state index contributed by atoms with van der Waals surface area (Å²) in [5.74, 6) is -0.203. The zero-order chi connectivity index (χ0) is 14.5. The van der Waals surface area contributed by atoms with Crippen molar-refractivity contribution in [1.82, 2.24) is 10.3 Å². The molecule has 1 heterocycles. The van der Waals surface area contributed by atoms with E-state index in [1.54, 1.807) is 23.5 Å². The summed E-state index contributed by atoms with van der Waals surface area (Å²) < 4.78 is 12.9. The predicted octanol–water partition coefficient (Wildman–Crippen LogP) is 4.41. The summed E-state index contributed by atoms with van der Waals surface area (Å²) in [5.41, 5.74) is 1.94. The Morgan fingerprint density at radius 3 is 2.67 bits per heavy atom. The van der Waals surface area contributed by atoms with Crippen molar-refractivity contribution >= 4 is 11.3 Å². The second-order valence-electron chi connectivity index (χ2n) is 5.67. The third-order valence-electron chi connectivity index (χ3n) is 4.07. The molecule has 1 fully saturated rings. The van der Waals surface area contributed by atoms with E-state index in [2.05, 4.69) is 15.7 Å². The van der Waals surface area contributed by atoms with Crippen LogP contribution in [0.25, 0.3) is 11.3 Å². The topological polar surface area (TPSA) is 24.9 Å². The molecule has 1 aliphatic rings. The molecular weight excluding hydrogens is 283 g/mol. The Labute approximate surface area is 129 Å². The minimum atomic E-state index is -0.203. The van der Waals surface area contributed by atoms with E-state index in [1.807, 2.05) is 0 Å². The van der Waals surface area contributed by atoms with Gasteiger partial charge in [0.2, 0.25) is 0 Å². The molecule has 0 saturated heterocycles. The molecule has 1 N–H and O–H groups in total. The molecule has 1 saturated carbocycles. The number of nitrogens with zero attached hydrogens (tertiary/aromatic N) is 1. The fourth-order valence-corrected chi connectivity index (χ4v) is 3.68. The summed E-state index contributed by atoms with van der Waals surface area (Å²) in [5, 5.41) is 6.85. The van der Waals surface area contributed by atoms with E-state index in [0.29, 0.717) is 6.04 Å². The van der Waals surface area contributed by atoms with Crippen LogP contribution in [0.2, 0.25) is 0 Å². The van der Waals surface area contributed by atoms with Crippen LogP contribution in [-0.2, 0) is 6.42 Å². The maximum atomic E-state index is 12.9. The van der Waals surface area contributed by atoms with Gasteiger partial charge < -0.3 is 5.32 Å². The molecule has 0 radical (unpaired) electrons. The van der Waals surface area contributed by atoms with Crippen molar-refractivity contribution in [2.75, 3.05) is 6.54 Å². The first-order valence-corrected chi connectivity index (χ1v) is 8.63. The fourth-order valence-electron chi connectivity index (χ4n) is 2.87. The molecule has 1 aliphatic carbocycles. The van der Waals surface area contributed by atoms with Gasteiger partial charge in [-0.1, -0.05) is 19.3 Å². The molecule has 4 heteroatoms. The van der Waals surface area contributed by atoms with E-state index in [0.717, 1.165) is 29.2 Å². The van der Waals surface area contributed by atoms with E-state index in [-0.39, 0.29) is 5.82 Å². The smallest absolute Gasteiger partial charge is 0.123 e. The third kappa shape index (κ3) is 4.11. The van der Waals surface area contributed by atoms with Crippen molar-refractivity contribution in [2.45, 2.75) is 44.6 Å². The summed E-state index contributed by atoms with van der Waals surface area (Å²) in [6, 6.07) is 7.25. The molecule has 0 aliphatic heterocycles. The van der Waals surface area contributed by atoms with Crippen LogP contribution >= 0.6 is 11.3 Å². The lowest BCUT2D eigenvalue weighted by Crippen LogP contribution is -2.32. The summed E-state index contributed by atoms with van der Waals surface area (Å²) in [7, 11) is 0. The highest BCUT2D eigenvalue weighted by Gasteiger charge is 2.12. The van der Waals surface area contributed by atoms with E-state index >= 15 is 0 Å². The van der Waals surface area contributed by atoms with E-state index < -0.39 is 0 Å². The fraction of sp³-hybridized carbons (Fsp3) is 0.471. The van der Waals surface area contributed by atoms with Crippen molar-refractivity contribution in [1.29, 1.82) is 0 Å². The minimum absolute atomic E-state index is 0.203. The molecule has 2 aromatic rings. The molecule has 0 unspecified atom stereocenters. The normalized spacial score (nSPS) is 16.2. The summed E-state index contributed by atoms with van der Waals surface area (Å²) in [4.78, 5) is 4.65. The van der Waals surface area contributed by atoms with Crippen molar-refractivity contribution in [3.63, 3.8) is 0 Å². The van der Waals surface area contributed by atoms with Gasteiger partial charge >= 0.3 is 0 Å². The Kier molecular flexibility index (Phi) is 4.99. The first-order valence-electron chi connectivity index (χ1n) is 7.75. The van der Waals surface area contributed by atoms with Gasteiger partial charge in [0.25, 0.3) is 0 Å². The first kappa shape index (κ1) is 14.7. The molecule has 0 amide bonds. The summed E-state index contributed by atoms with van der Waals surface area (Å²) >= 11 is 1.69. The molecule has 1 aromatic carbocycles. The summed E-state index contributed by atoms with van der Waals surface area (Å²) in [6.45, 7) is 1.00. The Balaban J connectivity index is 1.51. The highest BCUT2D eigenvalue weighted by molar-refractivity contribution is 7.09. The van der Waals surface area contributed by atoms with Crippen LogP contribution in [0.3, 0.4) is 0 Å². The highest BCUT2D eigenvalue weighted by Crippen LogP contribution is 2.22. The van der Waals surface area contributed by atoms with Crippen molar-refractivity contribution in [3.05, 3.63) is 40.5 Å². The average Bonchev–Trinajstić information content (AvgIpc) is 2.98. The zero-order valence-corrected chi connectivity index (χ0v) is 13.0. The quantitative estimate of drug-likeness (QED) is 0.885. The molecular formula is C17H21FN2S. The largest absolute Gasteiger partial charge is 0.314 e. The number of thiazole rings is 1. The van der Waals surface area contributed by atoms with Gasteiger partial charge in [-0.2, -0.15) is 0 Å². The van der Waals surface area contributed by atoms with Crippen LogP contribution in [-0.4, -0.2) is 17.6 Å². The number of benzene rings is 1. The predicted molar refractivity (Wildman–Crippen MR) is 86.1 cm³/mol.